The maximum atomic E-state index is 11.5. The molecule has 0 bridgehead atoms. The molecule has 18 heavy (non-hydrogen) atoms. The lowest BCUT2D eigenvalue weighted by molar-refractivity contribution is 0.454. The summed E-state index contributed by atoms with van der Waals surface area (Å²) in [5.74, 6) is 1.61. The topological polar surface area (TPSA) is 72.8 Å². The van der Waals surface area contributed by atoms with Gasteiger partial charge in [-0.1, -0.05) is 13.8 Å². The molecule has 0 spiro atoms. The lowest BCUT2D eigenvalue weighted by Gasteiger charge is -2.06. The highest BCUT2D eigenvalue weighted by atomic mass is 16.5. The third kappa shape index (κ3) is 2.77. The molecule has 0 aliphatic heterocycles. The summed E-state index contributed by atoms with van der Waals surface area (Å²) in [6.07, 6.45) is 3.36. The number of hydrogen-bond acceptors (Lipinski definition) is 4. The number of aryl methyl sites for hydroxylation is 1. The van der Waals surface area contributed by atoms with E-state index in [-0.39, 0.29) is 17.4 Å². The summed E-state index contributed by atoms with van der Waals surface area (Å²) in [6.45, 7) is 6.66. The van der Waals surface area contributed by atoms with Crippen LogP contribution in [0.5, 0.6) is 11.6 Å². The van der Waals surface area contributed by atoms with Gasteiger partial charge in [-0.05, 0) is 6.92 Å². The first-order valence-electron chi connectivity index (χ1n) is 5.90. The molecule has 2 aromatic heterocycles. The van der Waals surface area contributed by atoms with Crippen molar-refractivity contribution in [3.63, 3.8) is 0 Å². The fourth-order valence-electron chi connectivity index (χ4n) is 1.47. The lowest BCUT2D eigenvalue weighted by Crippen LogP contribution is -2.11. The number of aromatic amines is 1. The Morgan fingerprint density at radius 1 is 1.50 bits per heavy atom. The van der Waals surface area contributed by atoms with E-state index in [4.69, 9.17) is 4.74 Å². The van der Waals surface area contributed by atoms with Crippen molar-refractivity contribution in [1.82, 2.24) is 19.7 Å². The minimum Gasteiger partial charge on any atom is -0.435 e. The van der Waals surface area contributed by atoms with Crippen molar-refractivity contribution in [1.29, 1.82) is 0 Å². The van der Waals surface area contributed by atoms with Gasteiger partial charge < -0.3 is 9.72 Å². The number of hydrogen-bond donors (Lipinski definition) is 1. The fraction of sp³-hybridized carbons (Fsp3) is 0.417. The van der Waals surface area contributed by atoms with Crippen LogP contribution in [-0.2, 0) is 6.54 Å². The molecule has 2 aromatic rings. The number of aromatic nitrogens is 4. The zero-order valence-corrected chi connectivity index (χ0v) is 10.7. The molecule has 0 aliphatic rings. The summed E-state index contributed by atoms with van der Waals surface area (Å²) in [7, 11) is 0. The highest BCUT2D eigenvalue weighted by Gasteiger charge is 2.07. The number of nitrogens with one attached hydrogen (secondary N) is 1. The average molecular weight is 248 g/mol. The maximum absolute atomic E-state index is 11.5. The highest BCUT2D eigenvalue weighted by molar-refractivity contribution is 5.21. The summed E-state index contributed by atoms with van der Waals surface area (Å²) in [6, 6.07) is 1.33. The van der Waals surface area contributed by atoms with Crippen LogP contribution in [0.15, 0.2) is 23.3 Å². The van der Waals surface area contributed by atoms with Crippen LogP contribution >= 0.6 is 0 Å². The molecule has 1 N–H and O–H groups in total. The largest absolute Gasteiger partial charge is 0.435 e. The first-order valence-corrected chi connectivity index (χ1v) is 5.90. The quantitative estimate of drug-likeness (QED) is 0.896. The van der Waals surface area contributed by atoms with Gasteiger partial charge in [0.2, 0.25) is 5.88 Å². The fourth-order valence-corrected chi connectivity index (χ4v) is 1.47. The van der Waals surface area contributed by atoms with Crippen LogP contribution in [0.25, 0.3) is 0 Å². The molecule has 0 saturated heterocycles. The Labute approximate surface area is 105 Å². The van der Waals surface area contributed by atoms with Gasteiger partial charge in [-0.15, -0.1) is 0 Å². The molecular weight excluding hydrogens is 232 g/mol. The van der Waals surface area contributed by atoms with Gasteiger partial charge in [0, 0.05) is 12.5 Å². The molecule has 6 nitrogen and oxygen atoms in total. The summed E-state index contributed by atoms with van der Waals surface area (Å²) >= 11 is 0. The van der Waals surface area contributed by atoms with E-state index in [2.05, 4.69) is 15.1 Å². The molecule has 0 aromatic carbocycles. The number of H-pyrrole nitrogens is 1. The predicted octanol–water partition coefficient (Wildman–Crippen LogP) is 1.90. The molecule has 0 radical (unpaired) electrons. The Balaban J connectivity index is 2.25. The molecule has 6 heteroatoms. The first-order chi connectivity index (χ1) is 8.58. The molecule has 0 unspecified atom stereocenters. The Kier molecular flexibility index (Phi) is 3.45. The van der Waals surface area contributed by atoms with E-state index in [0.29, 0.717) is 11.6 Å². The molecular formula is C12H16N4O2. The molecule has 0 atom stereocenters. The second-order valence-electron chi connectivity index (χ2n) is 4.26. The first kappa shape index (κ1) is 12.3. The van der Waals surface area contributed by atoms with Gasteiger partial charge in [0.05, 0.1) is 18.5 Å². The number of nitrogens with zero attached hydrogens (tertiary/aromatic N) is 3. The average Bonchev–Trinajstić information content (AvgIpc) is 2.76. The second-order valence-corrected chi connectivity index (χ2v) is 4.26. The van der Waals surface area contributed by atoms with E-state index in [9.17, 15) is 4.79 Å². The predicted molar refractivity (Wildman–Crippen MR) is 66.9 cm³/mol. The normalized spacial score (nSPS) is 10.9. The van der Waals surface area contributed by atoms with Crippen molar-refractivity contribution in [2.75, 3.05) is 0 Å². The van der Waals surface area contributed by atoms with Gasteiger partial charge in [0.15, 0.2) is 5.75 Å². The monoisotopic (exact) mass is 248 g/mol. The van der Waals surface area contributed by atoms with Crippen LogP contribution in [0.2, 0.25) is 0 Å². The lowest BCUT2D eigenvalue weighted by atomic mass is 10.2. The molecule has 2 rings (SSSR count). The van der Waals surface area contributed by atoms with Gasteiger partial charge in [0.25, 0.3) is 5.56 Å². The van der Waals surface area contributed by atoms with Gasteiger partial charge >= 0.3 is 0 Å². The van der Waals surface area contributed by atoms with Gasteiger partial charge in [-0.2, -0.15) is 10.1 Å². The zero-order chi connectivity index (χ0) is 13.1. The SMILES string of the molecule is CCn1cc(Oc2cc(=O)[nH]c(C(C)C)n2)cn1. The van der Waals surface area contributed by atoms with E-state index < -0.39 is 0 Å². The zero-order valence-electron chi connectivity index (χ0n) is 10.7. The Hall–Kier alpha value is -2.11. The van der Waals surface area contributed by atoms with E-state index >= 15 is 0 Å². The van der Waals surface area contributed by atoms with Crippen molar-refractivity contribution in [2.24, 2.45) is 0 Å². The van der Waals surface area contributed by atoms with Crippen molar-refractivity contribution in [3.05, 3.63) is 34.6 Å². The summed E-state index contributed by atoms with van der Waals surface area (Å²) in [5.41, 5.74) is -0.216. The standard InChI is InChI=1S/C12H16N4O2/c1-4-16-7-9(6-13-16)18-11-5-10(17)14-12(15-11)8(2)3/h5-8H,4H2,1-3H3,(H,14,15,17). The summed E-state index contributed by atoms with van der Waals surface area (Å²) in [4.78, 5) is 18.4. The smallest absolute Gasteiger partial charge is 0.254 e. The van der Waals surface area contributed by atoms with Crippen LogP contribution in [0.1, 0.15) is 32.5 Å². The minimum atomic E-state index is -0.216. The van der Waals surface area contributed by atoms with Gasteiger partial charge in [-0.3, -0.25) is 9.48 Å². The van der Waals surface area contributed by atoms with E-state index in [0.717, 1.165) is 6.54 Å². The van der Waals surface area contributed by atoms with Crippen molar-refractivity contribution in [3.8, 4) is 11.6 Å². The minimum absolute atomic E-state index is 0.139. The molecule has 0 fully saturated rings. The van der Waals surface area contributed by atoms with Crippen LogP contribution in [0, 0.1) is 0 Å². The third-order valence-corrected chi connectivity index (χ3v) is 2.44. The summed E-state index contributed by atoms with van der Waals surface area (Å²) in [5, 5.41) is 4.09. The highest BCUT2D eigenvalue weighted by Crippen LogP contribution is 2.18. The molecule has 96 valence electrons. The van der Waals surface area contributed by atoms with Crippen molar-refractivity contribution in [2.45, 2.75) is 33.2 Å². The number of ether oxygens (including phenoxy) is 1. The van der Waals surface area contributed by atoms with E-state index in [1.54, 1.807) is 17.1 Å². The van der Waals surface area contributed by atoms with Crippen LogP contribution in [0.3, 0.4) is 0 Å². The molecule has 0 saturated carbocycles. The summed E-state index contributed by atoms with van der Waals surface area (Å²) < 4.78 is 7.26. The Morgan fingerprint density at radius 2 is 2.28 bits per heavy atom. The van der Waals surface area contributed by atoms with Gasteiger partial charge in [-0.25, -0.2) is 0 Å². The van der Waals surface area contributed by atoms with Crippen molar-refractivity contribution < 1.29 is 4.74 Å². The molecule has 0 aliphatic carbocycles. The molecule has 0 amide bonds. The second kappa shape index (κ2) is 5.03. The van der Waals surface area contributed by atoms with E-state index in [1.165, 1.54) is 6.07 Å². The van der Waals surface area contributed by atoms with Crippen LogP contribution in [-0.4, -0.2) is 19.7 Å². The Morgan fingerprint density at radius 3 is 2.89 bits per heavy atom. The van der Waals surface area contributed by atoms with Crippen LogP contribution in [0.4, 0.5) is 0 Å². The maximum Gasteiger partial charge on any atom is 0.254 e. The number of rotatable bonds is 4. The van der Waals surface area contributed by atoms with Crippen molar-refractivity contribution >= 4 is 0 Å². The Bertz CT molecular complexity index is 586. The van der Waals surface area contributed by atoms with E-state index in [1.807, 2.05) is 20.8 Å². The van der Waals surface area contributed by atoms with Crippen LogP contribution < -0.4 is 10.3 Å². The molecule has 2 heterocycles. The van der Waals surface area contributed by atoms with Gasteiger partial charge in [0.1, 0.15) is 5.82 Å². The third-order valence-electron chi connectivity index (χ3n) is 2.44.